The number of fused-ring (bicyclic) bond motifs is 3. The van der Waals surface area contributed by atoms with E-state index in [9.17, 15) is 0 Å². The van der Waals surface area contributed by atoms with Crippen LogP contribution in [0.4, 0.5) is 0 Å². The lowest BCUT2D eigenvalue weighted by molar-refractivity contribution is 0.494. The summed E-state index contributed by atoms with van der Waals surface area (Å²) in [7, 11) is 0. The maximum absolute atomic E-state index is 4.19. The predicted molar refractivity (Wildman–Crippen MR) is 76.8 cm³/mol. The highest BCUT2D eigenvalue weighted by Crippen LogP contribution is 2.61. The molecule has 0 amide bonds. The number of benzene rings is 1. The quantitative estimate of drug-likeness (QED) is 0.795. The molecule has 1 nitrogen and oxygen atoms in total. The highest BCUT2D eigenvalue weighted by Gasteiger charge is 2.56. The number of aryl methyl sites for hydroxylation is 1. The van der Waals surface area contributed by atoms with Crippen LogP contribution in [0.3, 0.4) is 0 Å². The first-order chi connectivity index (χ1) is 8.74. The fourth-order valence-corrected chi connectivity index (χ4v) is 3.93. The summed E-state index contributed by atoms with van der Waals surface area (Å²) in [4.78, 5) is 0. The molecule has 1 aromatic carbocycles. The Morgan fingerprint density at radius 3 is 2.94 bits per heavy atom. The van der Waals surface area contributed by atoms with E-state index in [1.165, 1.54) is 18.4 Å². The number of hydrogen-bond acceptors (Lipinski definition) is 1. The molecule has 18 heavy (non-hydrogen) atoms. The molecule has 0 saturated heterocycles. The van der Waals surface area contributed by atoms with Crippen LogP contribution in [0.2, 0.25) is 0 Å². The Hall–Kier alpha value is -1.08. The molecule has 4 atom stereocenters. The van der Waals surface area contributed by atoms with Crippen molar-refractivity contribution in [3.05, 3.63) is 47.5 Å². The lowest BCUT2D eigenvalue weighted by Gasteiger charge is -2.18. The summed E-state index contributed by atoms with van der Waals surface area (Å²) >= 11 is 0. The fraction of sp³-hybridized carbons (Fsp3) is 0.529. The van der Waals surface area contributed by atoms with Crippen LogP contribution in [-0.2, 0) is 6.42 Å². The van der Waals surface area contributed by atoms with Crippen molar-refractivity contribution < 1.29 is 0 Å². The van der Waals surface area contributed by atoms with Crippen LogP contribution in [0, 0.1) is 11.8 Å². The van der Waals surface area contributed by atoms with Crippen LogP contribution < -0.4 is 5.32 Å². The molecule has 0 heterocycles. The van der Waals surface area contributed by atoms with E-state index >= 15 is 0 Å². The first-order valence-corrected chi connectivity index (χ1v) is 7.20. The summed E-state index contributed by atoms with van der Waals surface area (Å²) in [5, 5.41) is 3.63. The zero-order valence-corrected chi connectivity index (χ0v) is 11.4. The van der Waals surface area contributed by atoms with Crippen molar-refractivity contribution in [1.29, 1.82) is 0 Å². The van der Waals surface area contributed by atoms with Crippen molar-refractivity contribution in [2.75, 3.05) is 6.54 Å². The molecule has 1 aromatic rings. The van der Waals surface area contributed by atoms with E-state index in [0.717, 1.165) is 24.3 Å². The van der Waals surface area contributed by atoms with Crippen molar-refractivity contribution in [3.63, 3.8) is 0 Å². The Bertz CT molecular complexity index is 462. The second-order valence-corrected chi connectivity index (χ2v) is 5.89. The molecule has 1 heteroatoms. The monoisotopic (exact) mass is 241 g/mol. The molecule has 0 spiro atoms. The van der Waals surface area contributed by atoms with Crippen LogP contribution in [0.15, 0.2) is 36.4 Å². The van der Waals surface area contributed by atoms with Gasteiger partial charge in [0.15, 0.2) is 0 Å². The minimum Gasteiger partial charge on any atom is -0.310 e. The highest BCUT2D eigenvalue weighted by atomic mass is 14.9. The number of likely N-dealkylation sites (N-methyl/N-ethyl adjacent to an activating group) is 1. The van der Waals surface area contributed by atoms with Gasteiger partial charge in [-0.15, -0.1) is 0 Å². The molecular weight excluding hydrogens is 218 g/mol. The van der Waals surface area contributed by atoms with Crippen molar-refractivity contribution >= 4 is 0 Å². The van der Waals surface area contributed by atoms with Crippen molar-refractivity contribution in [1.82, 2.24) is 5.32 Å². The summed E-state index contributed by atoms with van der Waals surface area (Å²) in [6, 6.07) is 9.53. The van der Waals surface area contributed by atoms with Gasteiger partial charge in [0.25, 0.3) is 0 Å². The Labute approximate surface area is 110 Å². The molecule has 0 radical (unpaired) electrons. The Morgan fingerprint density at radius 1 is 1.44 bits per heavy atom. The number of hydrogen-bond donors (Lipinski definition) is 1. The summed E-state index contributed by atoms with van der Waals surface area (Å²) in [5.74, 6) is 2.46. The molecule has 0 aromatic heterocycles. The number of rotatable bonds is 4. The fourth-order valence-electron chi connectivity index (χ4n) is 3.93. The summed E-state index contributed by atoms with van der Waals surface area (Å²) in [6.07, 6.45) is 2.63. The van der Waals surface area contributed by atoms with Gasteiger partial charge in [0.1, 0.15) is 0 Å². The second-order valence-electron chi connectivity index (χ2n) is 5.89. The van der Waals surface area contributed by atoms with E-state index < -0.39 is 0 Å². The van der Waals surface area contributed by atoms with Gasteiger partial charge in [-0.25, -0.2) is 0 Å². The van der Waals surface area contributed by atoms with E-state index in [1.54, 1.807) is 11.1 Å². The number of nitrogens with one attached hydrogen (secondary N) is 1. The average molecular weight is 241 g/mol. The Morgan fingerprint density at radius 2 is 2.22 bits per heavy atom. The van der Waals surface area contributed by atoms with Gasteiger partial charge in [0, 0.05) is 6.04 Å². The lowest BCUT2D eigenvalue weighted by Crippen LogP contribution is -2.32. The molecule has 1 saturated carbocycles. The summed E-state index contributed by atoms with van der Waals surface area (Å²) in [5.41, 5.74) is 4.50. The topological polar surface area (TPSA) is 12.0 Å². The van der Waals surface area contributed by atoms with Crippen molar-refractivity contribution in [2.45, 2.75) is 38.6 Å². The SMILES string of the molecule is C=C(C)C(NCC)C1C2CCc3ccccc3C21. The van der Waals surface area contributed by atoms with Gasteiger partial charge in [-0.3, -0.25) is 0 Å². The molecule has 0 bridgehead atoms. The third kappa shape index (κ3) is 1.81. The van der Waals surface area contributed by atoms with Crippen molar-refractivity contribution in [2.24, 2.45) is 11.8 Å². The smallest absolute Gasteiger partial charge is 0.0311 e. The van der Waals surface area contributed by atoms with E-state index in [2.05, 4.69) is 50.0 Å². The van der Waals surface area contributed by atoms with Crippen LogP contribution in [0.5, 0.6) is 0 Å². The van der Waals surface area contributed by atoms with E-state index in [0.29, 0.717) is 6.04 Å². The molecule has 1 N–H and O–H groups in total. The Balaban J connectivity index is 1.85. The molecule has 4 unspecified atom stereocenters. The normalized spacial score (nSPS) is 30.2. The van der Waals surface area contributed by atoms with Gasteiger partial charge in [0.2, 0.25) is 0 Å². The molecule has 1 fully saturated rings. The van der Waals surface area contributed by atoms with Gasteiger partial charge in [0.05, 0.1) is 0 Å². The van der Waals surface area contributed by atoms with Crippen LogP contribution in [-0.4, -0.2) is 12.6 Å². The maximum atomic E-state index is 4.19. The van der Waals surface area contributed by atoms with Crippen molar-refractivity contribution in [3.8, 4) is 0 Å². The molecule has 3 rings (SSSR count). The minimum atomic E-state index is 0.510. The molecule has 0 aliphatic heterocycles. The van der Waals surface area contributed by atoms with E-state index in [4.69, 9.17) is 0 Å². The summed E-state index contributed by atoms with van der Waals surface area (Å²) < 4.78 is 0. The minimum absolute atomic E-state index is 0.510. The molecule has 2 aliphatic rings. The maximum Gasteiger partial charge on any atom is 0.0311 e. The van der Waals surface area contributed by atoms with Gasteiger partial charge in [-0.05, 0) is 55.2 Å². The standard InChI is InChI=1S/C17H23N/c1-4-18-17(11(2)3)16-14-10-9-12-7-5-6-8-13(12)15(14)16/h5-8,14-18H,2,4,9-10H2,1,3H3. The lowest BCUT2D eigenvalue weighted by atomic mass is 9.92. The van der Waals surface area contributed by atoms with E-state index in [-0.39, 0.29) is 0 Å². The Kier molecular flexibility index (Phi) is 3.03. The van der Waals surface area contributed by atoms with Crippen LogP contribution in [0.25, 0.3) is 0 Å². The average Bonchev–Trinajstić information content (AvgIpc) is 3.10. The largest absolute Gasteiger partial charge is 0.310 e. The van der Waals surface area contributed by atoms with E-state index in [1.807, 2.05) is 0 Å². The third-order valence-electron chi connectivity index (χ3n) is 4.73. The molecular formula is C17H23N. The molecule has 2 aliphatic carbocycles. The summed E-state index contributed by atoms with van der Waals surface area (Å²) in [6.45, 7) is 9.58. The zero-order valence-electron chi connectivity index (χ0n) is 11.4. The van der Waals surface area contributed by atoms with Gasteiger partial charge < -0.3 is 5.32 Å². The second kappa shape index (κ2) is 4.55. The van der Waals surface area contributed by atoms with Gasteiger partial charge >= 0.3 is 0 Å². The van der Waals surface area contributed by atoms with Gasteiger partial charge in [-0.2, -0.15) is 0 Å². The van der Waals surface area contributed by atoms with Gasteiger partial charge in [-0.1, -0.05) is 43.3 Å². The first-order valence-electron chi connectivity index (χ1n) is 7.20. The third-order valence-corrected chi connectivity index (χ3v) is 4.73. The van der Waals surface area contributed by atoms with Crippen LogP contribution >= 0.6 is 0 Å². The zero-order chi connectivity index (χ0) is 12.7. The van der Waals surface area contributed by atoms with Crippen LogP contribution in [0.1, 0.15) is 37.3 Å². The predicted octanol–water partition coefficient (Wildman–Crippen LogP) is 3.52. The first kappa shape index (κ1) is 12.0. The molecule has 96 valence electrons. The highest BCUT2D eigenvalue weighted by molar-refractivity contribution is 5.41.